The van der Waals surface area contributed by atoms with E-state index in [0.29, 0.717) is 18.2 Å². The summed E-state index contributed by atoms with van der Waals surface area (Å²) >= 11 is 0. The van der Waals surface area contributed by atoms with Gasteiger partial charge in [0, 0.05) is 12.5 Å². The average molecular weight is 345 g/mol. The number of ether oxygens (including phenoxy) is 1. The van der Waals surface area contributed by atoms with Crippen LogP contribution in [-0.4, -0.2) is 33.2 Å². The van der Waals surface area contributed by atoms with Gasteiger partial charge in [0.2, 0.25) is 0 Å². The molecule has 0 spiro atoms. The van der Waals surface area contributed by atoms with Crippen molar-refractivity contribution in [3.63, 3.8) is 0 Å². The van der Waals surface area contributed by atoms with Crippen LogP contribution >= 0.6 is 0 Å². The van der Waals surface area contributed by atoms with Crippen molar-refractivity contribution in [2.45, 2.75) is 26.8 Å². The molecule has 0 bridgehead atoms. The molecule has 1 amide bonds. The zero-order valence-electron chi connectivity index (χ0n) is 14.0. The Morgan fingerprint density at radius 2 is 2.24 bits per heavy atom. The molecule has 0 aliphatic heterocycles. The number of amides is 1. The first kappa shape index (κ1) is 18.1. The van der Waals surface area contributed by atoms with Crippen LogP contribution < -0.4 is 10.2 Å². The van der Waals surface area contributed by atoms with E-state index in [1.807, 2.05) is 31.2 Å². The Hall–Kier alpha value is -3.23. The SMILES string of the molecule is CCCOc1ccccc1/C=N\NC(=O)Cn1c([N+](=O)[O-])cnc1C. The van der Waals surface area contributed by atoms with E-state index in [0.717, 1.165) is 18.2 Å². The van der Waals surface area contributed by atoms with E-state index in [2.05, 4.69) is 15.5 Å². The minimum Gasteiger partial charge on any atom is -0.493 e. The maximum absolute atomic E-state index is 12.0. The van der Waals surface area contributed by atoms with E-state index >= 15 is 0 Å². The number of aromatic nitrogens is 2. The van der Waals surface area contributed by atoms with Crippen LogP contribution in [0.15, 0.2) is 35.6 Å². The second kappa shape index (κ2) is 8.57. The summed E-state index contributed by atoms with van der Waals surface area (Å²) in [6.45, 7) is 3.94. The quantitative estimate of drug-likeness (QED) is 0.447. The van der Waals surface area contributed by atoms with Gasteiger partial charge < -0.3 is 14.9 Å². The van der Waals surface area contributed by atoms with Crippen molar-refractivity contribution in [3.05, 3.63) is 52.0 Å². The number of rotatable bonds is 8. The maximum atomic E-state index is 12.0. The van der Waals surface area contributed by atoms with E-state index < -0.39 is 10.8 Å². The first-order valence-electron chi connectivity index (χ1n) is 7.73. The second-order valence-corrected chi connectivity index (χ2v) is 5.19. The third-order valence-electron chi connectivity index (χ3n) is 3.30. The topological polar surface area (TPSA) is 112 Å². The Kier molecular flexibility index (Phi) is 6.21. The molecule has 0 radical (unpaired) electrons. The highest BCUT2D eigenvalue weighted by Gasteiger charge is 2.19. The number of carbonyl (C=O) groups excluding carboxylic acids is 1. The Balaban J connectivity index is 2.00. The highest BCUT2D eigenvalue weighted by atomic mass is 16.6. The monoisotopic (exact) mass is 345 g/mol. The molecular weight excluding hydrogens is 326 g/mol. The number of para-hydroxylation sites is 1. The Labute approximate surface area is 144 Å². The van der Waals surface area contributed by atoms with Crippen LogP contribution in [0.2, 0.25) is 0 Å². The molecule has 0 saturated heterocycles. The third-order valence-corrected chi connectivity index (χ3v) is 3.30. The average Bonchev–Trinajstić information content (AvgIpc) is 2.95. The summed E-state index contributed by atoms with van der Waals surface area (Å²) in [7, 11) is 0. The lowest BCUT2D eigenvalue weighted by atomic mass is 10.2. The summed E-state index contributed by atoms with van der Waals surface area (Å²) < 4.78 is 6.81. The highest BCUT2D eigenvalue weighted by Crippen LogP contribution is 2.16. The fraction of sp³-hybridized carbons (Fsp3) is 0.312. The lowest BCUT2D eigenvalue weighted by Gasteiger charge is -2.07. The standard InChI is InChI=1S/C16H19N5O4/c1-3-8-25-14-7-5-4-6-13(14)9-18-19-15(22)11-20-12(2)17-10-16(20)21(23)24/h4-7,9-10H,3,8,11H2,1-2H3,(H,19,22)/b18-9-. The van der Waals surface area contributed by atoms with E-state index in [1.54, 1.807) is 6.92 Å². The van der Waals surface area contributed by atoms with E-state index in [1.165, 1.54) is 10.8 Å². The van der Waals surface area contributed by atoms with Crippen LogP contribution in [0, 0.1) is 17.0 Å². The van der Waals surface area contributed by atoms with Crippen LogP contribution in [-0.2, 0) is 11.3 Å². The molecule has 1 N–H and O–H groups in total. The first-order chi connectivity index (χ1) is 12.0. The summed E-state index contributed by atoms with van der Waals surface area (Å²) in [6, 6.07) is 7.31. The number of hydrogen-bond donors (Lipinski definition) is 1. The summed E-state index contributed by atoms with van der Waals surface area (Å²) in [5.41, 5.74) is 3.07. The van der Waals surface area contributed by atoms with Crippen molar-refractivity contribution in [2.24, 2.45) is 5.10 Å². The number of imidazole rings is 1. The van der Waals surface area contributed by atoms with Crippen LogP contribution in [0.1, 0.15) is 24.7 Å². The van der Waals surface area contributed by atoms with Gasteiger partial charge in [-0.3, -0.25) is 4.79 Å². The zero-order valence-corrected chi connectivity index (χ0v) is 14.0. The van der Waals surface area contributed by atoms with Gasteiger partial charge in [-0.2, -0.15) is 5.10 Å². The van der Waals surface area contributed by atoms with Crippen molar-refractivity contribution < 1.29 is 14.5 Å². The van der Waals surface area contributed by atoms with Gasteiger partial charge >= 0.3 is 5.82 Å². The number of hydrazone groups is 1. The second-order valence-electron chi connectivity index (χ2n) is 5.19. The van der Waals surface area contributed by atoms with Gasteiger partial charge in [-0.25, -0.2) is 15.0 Å². The zero-order chi connectivity index (χ0) is 18.2. The molecule has 9 nitrogen and oxygen atoms in total. The molecule has 0 aliphatic carbocycles. The van der Waals surface area contributed by atoms with Gasteiger partial charge in [0.1, 0.15) is 11.9 Å². The largest absolute Gasteiger partial charge is 0.493 e. The lowest BCUT2D eigenvalue weighted by Crippen LogP contribution is -2.24. The Morgan fingerprint density at radius 3 is 2.96 bits per heavy atom. The Morgan fingerprint density at radius 1 is 1.48 bits per heavy atom. The van der Waals surface area contributed by atoms with Crippen molar-refractivity contribution in [1.82, 2.24) is 15.0 Å². The predicted molar refractivity (Wildman–Crippen MR) is 91.6 cm³/mol. The van der Waals surface area contributed by atoms with Crippen LogP contribution in [0.25, 0.3) is 0 Å². The first-order valence-corrected chi connectivity index (χ1v) is 7.73. The van der Waals surface area contributed by atoms with Gasteiger partial charge in [0.05, 0.1) is 12.8 Å². The minimum absolute atomic E-state index is 0.241. The van der Waals surface area contributed by atoms with Gasteiger partial charge in [0.25, 0.3) is 5.91 Å². The van der Waals surface area contributed by atoms with E-state index in [9.17, 15) is 14.9 Å². The molecule has 0 saturated carbocycles. The molecule has 25 heavy (non-hydrogen) atoms. The fourth-order valence-electron chi connectivity index (χ4n) is 2.08. The van der Waals surface area contributed by atoms with Crippen molar-refractivity contribution in [1.29, 1.82) is 0 Å². The number of aryl methyl sites for hydroxylation is 1. The van der Waals surface area contributed by atoms with E-state index in [4.69, 9.17) is 4.74 Å². The van der Waals surface area contributed by atoms with Crippen molar-refractivity contribution >= 4 is 17.9 Å². The van der Waals surface area contributed by atoms with E-state index in [-0.39, 0.29) is 12.4 Å². The van der Waals surface area contributed by atoms with Crippen molar-refractivity contribution in [3.8, 4) is 5.75 Å². The molecule has 1 heterocycles. The van der Waals surface area contributed by atoms with Crippen LogP contribution in [0.5, 0.6) is 5.75 Å². The number of carbonyl (C=O) groups is 1. The lowest BCUT2D eigenvalue weighted by molar-refractivity contribution is -0.392. The molecular formula is C16H19N5O4. The summed E-state index contributed by atoms with van der Waals surface area (Å²) in [5.74, 6) is 0.315. The molecule has 1 aromatic heterocycles. The van der Waals surface area contributed by atoms with Crippen LogP contribution in [0.4, 0.5) is 5.82 Å². The summed E-state index contributed by atoms with van der Waals surface area (Å²) in [5, 5.41) is 14.8. The molecule has 0 atom stereocenters. The van der Waals surface area contributed by atoms with Gasteiger partial charge in [-0.15, -0.1) is 0 Å². The fourth-order valence-corrected chi connectivity index (χ4v) is 2.08. The number of nitro groups is 1. The van der Waals surface area contributed by atoms with Crippen LogP contribution in [0.3, 0.4) is 0 Å². The molecule has 0 aliphatic rings. The molecule has 9 heteroatoms. The normalized spacial score (nSPS) is 10.8. The third kappa shape index (κ3) is 4.87. The summed E-state index contributed by atoms with van der Waals surface area (Å²) in [4.78, 5) is 26.1. The molecule has 132 valence electrons. The van der Waals surface area contributed by atoms with Gasteiger partial charge in [0.15, 0.2) is 12.4 Å². The molecule has 2 rings (SSSR count). The Bertz CT molecular complexity index is 785. The van der Waals surface area contributed by atoms with Gasteiger partial charge in [-0.05, 0) is 23.5 Å². The molecule has 1 aromatic carbocycles. The minimum atomic E-state index is -0.585. The number of benzene rings is 1. The number of nitrogens with zero attached hydrogens (tertiary/aromatic N) is 4. The smallest absolute Gasteiger partial charge is 0.343 e. The molecule has 0 unspecified atom stereocenters. The summed E-state index contributed by atoms with van der Waals surface area (Å²) in [6.07, 6.45) is 3.47. The number of hydrogen-bond acceptors (Lipinski definition) is 6. The van der Waals surface area contributed by atoms with Gasteiger partial charge in [-0.1, -0.05) is 19.1 Å². The molecule has 0 fully saturated rings. The highest BCUT2D eigenvalue weighted by molar-refractivity contribution is 5.85. The predicted octanol–water partition coefficient (Wildman–Crippen LogP) is 2.04. The molecule has 2 aromatic rings. The maximum Gasteiger partial charge on any atom is 0.343 e. The number of nitrogens with one attached hydrogen (secondary N) is 1. The van der Waals surface area contributed by atoms with Crippen molar-refractivity contribution in [2.75, 3.05) is 6.61 Å².